The van der Waals surface area contributed by atoms with E-state index in [4.69, 9.17) is 0 Å². The summed E-state index contributed by atoms with van der Waals surface area (Å²) in [6.45, 7) is 6.62. The van der Waals surface area contributed by atoms with E-state index in [2.05, 4.69) is 41.9 Å². The first-order valence-electron chi connectivity index (χ1n) is 5.96. The molecule has 1 aromatic heterocycles. The van der Waals surface area contributed by atoms with Crippen LogP contribution in [-0.2, 0) is 13.0 Å². The molecule has 0 fully saturated rings. The normalized spacial score (nSPS) is 16.5. The Morgan fingerprint density at radius 3 is 3.00 bits per heavy atom. The van der Waals surface area contributed by atoms with Crippen LogP contribution in [0.1, 0.15) is 16.8 Å². The van der Waals surface area contributed by atoms with E-state index in [0.717, 1.165) is 32.6 Å². The molecule has 0 N–H and O–H groups in total. The Morgan fingerprint density at radius 2 is 2.25 bits per heavy atom. The van der Waals surface area contributed by atoms with Crippen LogP contribution in [0.5, 0.6) is 0 Å². The number of nitrogens with zero attached hydrogens (tertiary/aromatic N) is 3. The van der Waals surface area contributed by atoms with Gasteiger partial charge in [0.1, 0.15) is 0 Å². The monoisotopic (exact) mass is 219 g/mol. The molecule has 88 valence electrons. The summed E-state index contributed by atoms with van der Waals surface area (Å²) < 4.78 is 0. The van der Waals surface area contributed by atoms with Crippen LogP contribution in [-0.4, -0.2) is 48.5 Å². The highest BCUT2D eigenvalue weighted by Gasteiger charge is 2.16. The number of rotatable bonds is 3. The summed E-state index contributed by atoms with van der Waals surface area (Å²) in [4.78, 5) is 9.27. The second kappa shape index (κ2) is 4.93. The maximum Gasteiger partial charge on any atom is 0.0461 e. The Bertz CT molecular complexity index is 360. The van der Waals surface area contributed by atoms with Crippen LogP contribution in [0, 0.1) is 6.92 Å². The average Bonchev–Trinajstić information content (AvgIpc) is 2.25. The van der Waals surface area contributed by atoms with Crippen molar-refractivity contribution < 1.29 is 0 Å². The molecule has 2 heterocycles. The van der Waals surface area contributed by atoms with Crippen molar-refractivity contribution in [3.8, 4) is 0 Å². The Balaban J connectivity index is 1.99. The Labute approximate surface area is 98.1 Å². The molecule has 3 nitrogen and oxygen atoms in total. The van der Waals surface area contributed by atoms with E-state index in [0.29, 0.717) is 0 Å². The molecular weight excluding hydrogens is 198 g/mol. The van der Waals surface area contributed by atoms with Crippen molar-refractivity contribution >= 4 is 0 Å². The summed E-state index contributed by atoms with van der Waals surface area (Å²) in [6, 6.07) is 2.28. The van der Waals surface area contributed by atoms with Gasteiger partial charge in [-0.1, -0.05) is 6.07 Å². The number of aromatic nitrogens is 1. The molecule has 0 unspecified atom stereocenters. The predicted molar refractivity (Wildman–Crippen MR) is 66.5 cm³/mol. The van der Waals surface area contributed by atoms with Crippen molar-refractivity contribution in [1.29, 1.82) is 0 Å². The van der Waals surface area contributed by atoms with E-state index in [-0.39, 0.29) is 0 Å². The first-order chi connectivity index (χ1) is 7.65. The molecule has 2 rings (SSSR count). The van der Waals surface area contributed by atoms with Gasteiger partial charge in [0, 0.05) is 44.5 Å². The molecular formula is C13H21N3. The van der Waals surface area contributed by atoms with E-state index >= 15 is 0 Å². The van der Waals surface area contributed by atoms with E-state index in [1.807, 2.05) is 6.20 Å². The number of hydrogen-bond acceptors (Lipinski definition) is 3. The van der Waals surface area contributed by atoms with Crippen molar-refractivity contribution in [1.82, 2.24) is 14.8 Å². The molecule has 0 saturated heterocycles. The molecule has 0 amide bonds. The van der Waals surface area contributed by atoms with Crippen LogP contribution in [0.2, 0.25) is 0 Å². The highest BCUT2D eigenvalue weighted by molar-refractivity contribution is 5.26. The summed E-state index contributed by atoms with van der Waals surface area (Å²) in [5, 5.41) is 0. The largest absolute Gasteiger partial charge is 0.308 e. The van der Waals surface area contributed by atoms with Crippen molar-refractivity contribution in [2.24, 2.45) is 0 Å². The number of fused-ring (bicyclic) bond motifs is 1. The Kier molecular flexibility index (Phi) is 3.56. The van der Waals surface area contributed by atoms with Gasteiger partial charge < -0.3 is 4.90 Å². The number of aryl methyl sites for hydroxylation is 1. The van der Waals surface area contributed by atoms with Gasteiger partial charge in [-0.2, -0.15) is 0 Å². The summed E-state index contributed by atoms with van der Waals surface area (Å²) in [5.74, 6) is 0. The number of likely N-dealkylation sites (N-methyl/N-ethyl adjacent to an activating group) is 1. The van der Waals surface area contributed by atoms with Crippen molar-refractivity contribution in [2.45, 2.75) is 19.9 Å². The lowest BCUT2D eigenvalue weighted by atomic mass is 10.0. The second-order valence-corrected chi connectivity index (χ2v) is 4.95. The third kappa shape index (κ3) is 2.80. The fourth-order valence-corrected chi connectivity index (χ4v) is 2.14. The zero-order valence-corrected chi connectivity index (χ0v) is 10.5. The molecule has 1 aliphatic heterocycles. The van der Waals surface area contributed by atoms with Gasteiger partial charge >= 0.3 is 0 Å². The van der Waals surface area contributed by atoms with Crippen LogP contribution in [0.25, 0.3) is 0 Å². The molecule has 1 aliphatic rings. The lowest BCUT2D eigenvalue weighted by Crippen LogP contribution is -2.36. The van der Waals surface area contributed by atoms with E-state index in [1.165, 1.54) is 16.8 Å². The third-order valence-electron chi connectivity index (χ3n) is 3.12. The van der Waals surface area contributed by atoms with Crippen LogP contribution in [0.15, 0.2) is 12.3 Å². The van der Waals surface area contributed by atoms with Crippen LogP contribution in [0.4, 0.5) is 0 Å². The molecule has 0 bridgehead atoms. The van der Waals surface area contributed by atoms with Gasteiger partial charge in [-0.05, 0) is 32.1 Å². The number of pyridine rings is 1. The lowest BCUT2D eigenvalue weighted by molar-refractivity contribution is 0.223. The zero-order chi connectivity index (χ0) is 11.5. The van der Waals surface area contributed by atoms with Gasteiger partial charge in [-0.15, -0.1) is 0 Å². The fraction of sp³-hybridized carbons (Fsp3) is 0.615. The first kappa shape index (κ1) is 11.6. The topological polar surface area (TPSA) is 19.4 Å². The maximum absolute atomic E-state index is 4.51. The minimum Gasteiger partial charge on any atom is -0.308 e. The molecule has 0 aliphatic carbocycles. The first-order valence-corrected chi connectivity index (χ1v) is 5.96. The molecule has 0 atom stereocenters. The quantitative estimate of drug-likeness (QED) is 0.764. The zero-order valence-electron chi connectivity index (χ0n) is 10.5. The van der Waals surface area contributed by atoms with Crippen LogP contribution < -0.4 is 0 Å². The van der Waals surface area contributed by atoms with E-state index < -0.39 is 0 Å². The molecule has 0 saturated carbocycles. The maximum atomic E-state index is 4.51. The van der Waals surface area contributed by atoms with Crippen molar-refractivity contribution in [2.75, 3.05) is 33.7 Å². The fourth-order valence-electron chi connectivity index (χ4n) is 2.14. The smallest absolute Gasteiger partial charge is 0.0461 e. The Morgan fingerprint density at radius 1 is 1.44 bits per heavy atom. The Hall–Kier alpha value is -0.930. The second-order valence-electron chi connectivity index (χ2n) is 4.95. The summed E-state index contributed by atoms with van der Waals surface area (Å²) in [7, 11) is 4.26. The molecule has 0 spiro atoms. The highest BCUT2D eigenvalue weighted by Crippen LogP contribution is 2.17. The minimum absolute atomic E-state index is 1.07. The molecule has 1 aromatic rings. The van der Waals surface area contributed by atoms with Gasteiger partial charge in [-0.3, -0.25) is 9.88 Å². The van der Waals surface area contributed by atoms with Gasteiger partial charge in [0.2, 0.25) is 0 Å². The van der Waals surface area contributed by atoms with Gasteiger partial charge in [-0.25, -0.2) is 0 Å². The highest BCUT2D eigenvalue weighted by atomic mass is 15.2. The molecule has 0 radical (unpaired) electrons. The van der Waals surface area contributed by atoms with E-state index in [9.17, 15) is 0 Å². The SMILES string of the molecule is Cc1cnc2c(c1)CN(CCN(C)C)CC2. The van der Waals surface area contributed by atoms with E-state index in [1.54, 1.807) is 0 Å². The average molecular weight is 219 g/mol. The lowest BCUT2D eigenvalue weighted by Gasteiger charge is -2.29. The van der Waals surface area contributed by atoms with Gasteiger partial charge in [0.15, 0.2) is 0 Å². The van der Waals surface area contributed by atoms with Gasteiger partial charge in [0.05, 0.1) is 0 Å². The van der Waals surface area contributed by atoms with Crippen LogP contribution in [0.3, 0.4) is 0 Å². The standard InChI is InChI=1S/C13H21N3/c1-11-8-12-10-16(7-6-15(2)3)5-4-13(12)14-9-11/h8-9H,4-7,10H2,1-3H3. The summed E-state index contributed by atoms with van der Waals surface area (Å²) in [6.07, 6.45) is 3.08. The molecule has 0 aromatic carbocycles. The van der Waals surface area contributed by atoms with Crippen molar-refractivity contribution in [3.05, 3.63) is 29.1 Å². The third-order valence-corrected chi connectivity index (χ3v) is 3.12. The van der Waals surface area contributed by atoms with Gasteiger partial charge in [0.25, 0.3) is 0 Å². The predicted octanol–water partition coefficient (Wildman–Crippen LogP) is 1.31. The molecule has 3 heteroatoms. The van der Waals surface area contributed by atoms with Crippen LogP contribution >= 0.6 is 0 Å². The number of hydrogen-bond donors (Lipinski definition) is 0. The molecule has 16 heavy (non-hydrogen) atoms. The summed E-state index contributed by atoms with van der Waals surface area (Å²) in [5.41, 5.74) is 3.99. The minimum atomic E-state index is 1.07. The summed E-state index contributed by atoms with van der Waals surface area (Å²) >= 11 is 0. The van der Waals surface area contributed by atoms with Crippen molar-refractivity contribution in [3.63, 3.8) is 0 Å².